The number of halogens is 2. The van der Waals surface area contributed by atoms with E-state index in [1.807, 2.05) is 0 Å². The molecule has 1 fully saturated rings. The first-order valence-electron chi connectivity index (χ1n) is 5.57. The molecule has 0 aliphatic carbocycles. The van der Waals surface area contributed by atoms with Crippen molar-refractivity contribution in [2.75, 3.05) is 13.1 Å². The molecule has 1 aliphatic heterocycles. The van der Waals surface area contributed by atoms with Gasteiger partial charge in [-0.2, -0.15) is 0 Å². The minimum Gasteiger partial charge on any atom is -0.481 e. The summed E-state index contributed by atoms with van der Waals surface area (Å²) in [6.07, 6.45) is 4.60. The molecule has 0 radical (unpaired) electrons. The van der Waals surface area contributed by atoms with Crippen LogP contribution in [0.1, 0.15) is 12.2 Å². The summed E-state index contributed by atoms with van der Waals surface area (Å²) in [7, 11) is 0. The number of nitrogens with zero attached hydrogens (tertiary/aromatic N) is 2. The molecule has 0 amide bonds. The Kier molecular flexibility index (Phi) is 5.98. The monoisotopic (exact) mass is 335 g/mol. The molecule has 2 atom stereocenters. The molecule has 0 spiro atoms. The van der Waals surface area contributed by atoms with Crippen molar-refractivity contribution in [3.63, 3.8) is 0 Å². The maximum atomic E-state index is 11.3. The van der Waals surface area contributed by atoms with E-state index in [1.54, 1.807) is 12.4 Å². The molecular weight excluding hydrogens is 321 g/mol. The molecule has 100 valence electrons. The molecule has 1 aromatic heterocycles. The summed E-state index contributed by atoms with van der Waals surface area (Å²) in [6.45, 7) is 1.67. The number of carboxylic acids is 1. The second-order valence-corrected chi connectivity index (χ2v) is 5.13. The average molecular weight is 337 g/mol. The Bertz CT molecular complexity index is 396. The van der Waals surface area contributed by atoms with Crippen LogP contribution in [0.25, 0.3) is 0 Å². The summed E-state index contributed by atoms with van der Waals surface area (Å²) in [5.74, 6) is -0.386. The number of carboxylic acid groups (broad SMARTS) is 1. The maximum absolute atomic E-state index is 11.3. The zero-order chi connectivity index (χ0) is 12.3. The highest BCUT2D eigenvalue weighted by atomic mass is 79.9. The van der Waals surface area contributed by atoms with Crippen LogP contribution in [0, 0.1) is 11.8 Å². The van der Waals surface area contributed by atoms with Crippen molar-refractivity contribution in [1.29, 1.82) is 0 Å². The van der Waals surface area contributed by atoms with E-state index in [0.717, 1.165) is 24.0 Å². The molecule has 1 aromatic rings. The molecule has 0 saturated carbocycles. The van der Waals surface area contributed by atoms with Gasteiger partial charge in [-0.1, -0.05) is 0 Å². The van der Waals surface area contributed by atoms with Crippen molar-refractivity contribution in [3.8, 4) is 0 Å². The van der Waals surface area contributed by atoms with Crippen molar-refractivity contribution in [2.45, 2.75) is 12.8 Å². The van der Waals surface area contributed by atoms with Crippen LogP contribution in [0.4, 0.5) is 0 Å². The van der Waals surface area contributed by atoms with Crippen LogP contribution < -0.4 is 5.32 Å². The van der Waals surface area contributed by atoms with Gasteiger partial charge in [0.2, 0.25) is 0 Å². The van der Waals surface area contributed by atoms with E-state index in [4.69, 9.17) is 0 Å². The topological polar surface area (TPSA) is 75.1 Å². The van der Waals surface area contributed by atoms with E-state index in [-0.39, 0.29) is 18.3 Å². The Morgan fingerprint density at radius 2 is 2.22 bits per heavy atom. The second kappa shape index (κ2) is 7.01. The van der Waals surface area contributed by atoms with E-state index in [0.29, 0.717) is 12.2 Å². The zero-order valence-electron chi connectivity index (χ0n) is 9.67. The number of hydrogen-bond donors (Lipinski definition) is 2. The molecule has 0 unspecified atom stereocenters. The standard InChI is InChI=1S/C11H14BrN3O2.ClH/c12-8-5-14-10(15-6-8)3-9(11(16)17)7-1-2-13-4-7;/h5-7,9,13H,1-4H2,(H,16,17);1H/t7-,9-;/m0./s1. The summed E-state index contributed by atoms with van der Waals surface area (Å²) < 4.78 is 0.802. The highest BCUT2D eigenvalue weighted by molar-refractivity contribution is 9.10. The van der Waals surface area contributed by atoms with Gasteiger partial charge < -0.3 is 10.4 Å². The number of carbonyl (C=O) groups is 1. The van der Waals surface area contributed by atoms with Crippen molar-refractivity contribution in [3.05, 3.63) is 22.7 Å². The van der Waals surface area contributed by atoms with Gasteiger partial charge in [0.25, 0.3) is 0 Å². The molecule has 0 aromatic carbocycles. The van der Waals surface area contributed by atoms with E-state index in [9.17, 15) is 9.90 Å². The Labute approximate surface area is 120 Å². The number of nitrogens with one attached hydrogen (secondary N) is 1. The lowest BCUT2D eigenvalue weighted by Crippen LogP contribution is -2.28. The van der Waals surface area contributed by atoms with E-state index < -0.39 is 11.9 Å². The predicted octanol–water partition coefficient (Wildman–Crippen LogP) is 1.51. The fourth-order valence-corrected chi connectivity index (χ4v) is 2.32. The van der Waals surface area contributed by atoms with Gasteiger partial charge in [-0.15, -0.1) is 12.4 Å². The minimum absolute atomic E-state index is 0. The summed E-state index contributed by atoms with van der Waals surface area (Å²) in [5, 5.41) is 12.4. The first kappa shape index (κ1) is 15.3. The molecule has 7 heteroatoms. The van der Waals surface area contributed by atoms with Crippen LogP contribution in [0.2, 0.25) is 0 Å². The highest BCUT2D eigenvalue weighted by Gasteiger charge is 2.31. The van der Waals surface area contributed by atoms with Gasteiger partial charge in [-0.05, 0) is 41.4 Å². The van der Waals surface area contributed by atoms with E-state index >= 15 is 0 Å². The summed E-state index contributed by atoms with van der Waals surface area (Å²) in [6, 6.07) is 0. The van der Waals surface area contributed by atoms with Gasteiger partial charge in [0.05, 0.1) is 10.4 Å². The normalized spacial score (nSPS) is 20.2. The highest BCUT2D eigenvalue weighted by Crippen LogP contribution is 2.22. The Morgan fingerprint density at radius 1 is 1.56 bits per heavy atom. The lowest BCUT2D eigenvalue weighted by molar-refractivity contribution is -0.143. The molecule has 2 heterocycles. The Balaban J connectivity index is 0.00000162. The third-order valence-electron chi connectivity index (χ3n) is 3.06. The third kappa shape index (κ3) is 3.90. The number of aliphatic carboxylic acids is 1. The fraction of sp³-hybridized carbons (Fsp3) is 0.545. The first-order valence-corrected chi connectivity index (χ1v) is 6.36. The van der Waals surface area contributed by atoms with Crippen molar-refractivity contribution in [1.82, 2.24) is 15.3 Å². The van der Waals surface area contributed by atoms with Crippen LogP contribution in [0.5, 0.6) is 0 Å². The molecule has 0 bridgehead atoms. The van der Waals surface area contributed by atoms with Crippen LogP contribution in [0.15, 0.2) is 16.9 Å². The van der Waals surface area contributed by atoms with Crippen molar-refractivity contribution < 1.29 is 9.90 Å². The number of rotatable bonds is 4. The largest absolute Gasteiger partial charge is 0.481 e. The second-order valence-electron chi connectivity index (χ2n) is 4.22. The van der Waals surface area contributed by atoms with Crippen LogP contribution in [0.3, 0.4) is 0 Å². The summed E-state index contributed by atoms with van der Waals surface area (Å²) in [4.78, 5) is 19.5. The molecular formula is C11H15BrClN3O2. The van der Waals surface area contributed by atoms with Gasteiger partial charge in [-0.25, -0.2) is 9.97 Å². The fourth-order valence-electron chi connectivity index (χ4n) is 2.12. The summed E-state index contributed by atoms with van der Waals surface area (Å²) in [5.41, 5.74) is 0. The van der Waals surface area contributed by atoms with Crippen molar-refractivity contribution in [2.24, 2.45) is 11.8 Å². The maximum Gasteiger partial charge on any atom is 0.307 e. The molecule has 1 aliphatic rings. The summed E-state index contributed by atoms with van der Waals surface area (Å²) >= 11 is 3.26. The SMILES string of the molecule is Cl.O=C(O)[C@@H](Cc1ncc(Br)cn1)[C@H]1CCNC1. The zero-order valence-corrected chi connectivity index (χ0v) is 12.1. The molecule has 2 rings (SSSR count). The lowest BCUT2D eigenvalue weighted by Gasteiger charge is -2.17. The van der Waals surface area contributed by atoms with Gasteiger partial charge in [-0.3, -0.25) is 4.79 Å². The molecule has 18 heavy (non-hydrogen) atoms. The Morgan fingerprint density at radius 3 is 2.72 bits per heavy atom. The third-order valence-corrected chi connectivity index (χ3v) is 3.47. The van der Waals surface area contributed by atoms with Gasteiger partial charge in [0, 0.05) is 18.8 Å². The number of aromatic nitrogens is 2. The average Bonchev–Trinajstić information content (AvgIpc) is 2.81. The van der Waals surface area contributed by atoms with Crippen LogP contribution in [-0.4, -0.2) is 34.1 Å². The smallest absolute Gasteiger partial charge is 0.307 e. The number of hydrogen-bond acceptors (Lipinski definition) is 4. The van der Waals surface area contributed by atoms with Crippen molar-refractivity contribution >= 4 is 34.3 Å². The van der Waals surface area contributed by atoms with E-state index in [2.05, 4.69) is 31.2 Å². The molecule has 1 saturated heterocycles. The van der Waals surface area contributed by atoms with Crippen LogP contribution >= 0.6 is 28.3 Å². The molecule has 5 nitrogen and oxygen atoms in total. The van der Waals surface area contributed by atoms with Gasteiger partial charge in [0.15, 0.2) is 0 Å². The van der Waals surface area contributed by atoms with Gasteiger partial charge in [0.1, 0.15) is 5.82 Å². The van der Waals surface area contributed by atoms with Gasteiger partial charge >= 0.3 is 5.97 Å². The Hall–Kier alpha value is -0.720. The quantitative estimate of drug-likeness (QED) is 0.872. The minimum atomic E-state index is -0.759. The van der Waals surface area contributed by atoms with E-state index in [1.165, 1.54) is 0 Å². The first-order chi connectivity index (χ1) is 8.16. The predicted molar refractivity (Wildman–Crippen MR) is 72.8 cm³/mol. The van der Waals surface area contributed by atoms with Crippen LogP contribution in [-0.2, 0) is 11.2 Å². The molecule has 2 N–H and O–H groups in total. The lowest BCUT2D eigenvalue weighted by atomic mass is 9.88.